The highest BCUT2D eigenvalue weighted by atomic mass is 32.2. The number of fused-ring (bicyclic) bond motifs is 1. The first-order chi connectivity index (χ1) is 18.3. The summed E-state index contributed by atoms with van der Waals surface area (Å²) in [5.74, 6) is -1.58. The Labute approximate surface area is 226 Å². The van der Waals surface area contributed by atoms with E-state index in [4.69, 9.17) is 9.15 Å². The molecule has 0 aliphatic rings. The van der Waals surface area contributed by atoms with Crippen molar-refractivity contribution in [1.29, 1.82) is 0 Å². The molecule has 0 fully saturated rings. The predicted molar refractivity (Wildman–Crippen MR) is 142 cm³/mol. The SMILES string of the molecule is COC(=O)CCc1ccc2oc(CC(NS(=O)(=O)N(Cc3ccccc3)C(=O)OC(C)(C)C)C(=O)O)cc2c1. The molecule has 3 aromatic rings. The van der Waals surface area contributed by atoms with Crippen molar-refractivity contribution in [2.75, 3.05) is 7.11 Å². The van der Waals surface area contributed by atoms with Crippen molar-refractivity contribution in [2.45, 2.75) is 58.2 Å². The van der Waals surface area contributed by atoms with Crippen molar-refractivity contribution in [2.24, 2.45) is 0 Å². The van der Waals surface area contributed by atoms with Crippen molar-refractivity contribution in [3.8, 4) is 0 Å². The summed E-state index contributed by atoms with van der Waals surface area (Å²) >= 11 is 0. The van der Waals surface area contributed by atoms with E-state index in [1.54, 1.807) is 75.4 Å². The molecule has 0 aliphatic carbocycles. The molecule has 11 nitrogen and oxygen atoms in total. The molecule has 1 amide bonds. The fraction of sp³-hybridized carbons (Fsp3) is 0.370. The van der Waals surface area contributed by atoms with Crippen LogP contribution >= 0.6 is 0 Å². The van der Waals surface area contributed by atoms with E-state index in [-0.39, 0.29) is 31.1 Å². The van der Waals surface area contributed by atoms with Gasteiger partial charge in [0.1, 0.15) is 23.0 Å². The maximum Gasteiger partial charge on any atom is 0.425 e. The molecule has 0 aliphatic heterocycles. The number of nitrogens with one attached hydrogen (secondary N) is 1. The highest BCUT2D eigenvalue weighted by molar-refractivity contribution is 7.87. The van der Waals surface area contributed by atoms with Gasteiger partial charge in [-0.25, -0.2) is 4.79 Å². The smallest absolute Gasteiger partial charge is 0.425 e. The third kappa shape index (κ3) is 8.55. The number of hydrogen-bond acceptors (Lipinski definition) is 8. The molecule has 0 radical (unpaired) electrons. The van der Waals surface area contributed by atoms with E-state index < -0.39 is 33.9 Å². The molecule has 0 bridgehead atoms. The Hall–Kier alpha value is -3.90. The second-order valence-electron chi connectivity index (χ2n) is 9.85. The van der Waals surface area contributed by atoms with Crippen molar-refractivity contribution in [3.63, 3.8) is 0 Å². The van der Waals surface area contributed by atoms with Crippen LogP contribution in [0.25, 0.3) is 11.0 Å². The average Bonchev–Trinajstić information content (AvgIpc) is 3.26. The Balaban J connectivity index is 1.82. The molecule has 3 rings (SSSR count). The first-order valence-corrected chi connectivity index (χ1v) is 13.6. The zero-order valence-corrected chi connectivity index (χ0v) is 23.0. The summed E-state index contributed by atoms with van der Waals surface area (Å²) in [5, 5.41) is 10.5. The number of carboxylic acid groups (broad SMARTS) is 1. The minimum absolute atomic E-state index is 0.201. The van der Waals surface area contributed by atoms with E-state index in [1.165, 1.54) is 7.11 Å². The molecular formula is C27H32N2O9S. The maximum absolute atomic E-state index is 13.3. The highest BCUT2D eigenvalue weighted by Gasteiger charge is 2.35. The highest BCUT2D eigenvalue weighted by Crippen LogP contribution is 2.23. The fourth-order valence-corrected chi connectivity index (χ4v) is 4.91. The van der Waals surface area contributed by atoms with Gasteiger partial charge in [-0.3, -0.25) is 9.59 Å². The average molecular weight is 561 g/mol. The van der Waals surface area contributed by atoms with Crippen LogP contribution in [-0.4, -0.2) is 54.6 Å². The second kappa shape index (κ2) is 12.3. The van der Waals surface area contributed by atoms with Gasteiger partial charge in [0.15, 0.2) is 0 Å². The number of amides is 1. The quantitative estimate of drug-likeness (QED) is 0.333. The fourth-order valence-electron chi connectivity index (χ4n) is 3.69. The molecule has 2 N–H and O–H groups in total. The van der Waals surface area contributed by atoms with Gasteiger partial charge in [0.05, 0.1) is 13.7 Å². The van der Waals surface area contributed by atoms with E-state index in [0.29, 0.717) is 27.3 Å². The van der Waals surface area contributed by atoms with Gasteiger partial charge in [0, 0.05) is 18.2 Å². The molecule has 12 heteroatoms. The molecule has 1 aromatic heterocycles. The number of ether oxygens (including phenoxy) is 2. The van der Waals surface area contributed by atoms with Crippen molar-refractivity contribution >= 4 is 39.2 Å². The van der Waals surface area contributed by atoms with Gasteiger partial charge in [0.2, 0.25) is 0 Å². The number of benzene rings is 2. The molecule has 2 aromatic carbocycles. The number of aryl methyl sites for hydroxylation is 1. The topological polar surface area (TPSA) is 152 Å². The van der Waals surface area contributed by atoms with Crippen molar-refractivity contribution in [1.82, 2.24) is 9.03 Å². The van der Waals surface area contributed by atoms with Crippen LogP contribution in [0.1, 0.15) is 44.1 Å². The third-order valence-electron chi connectivity index (χ3n) is 5.53. The number of methoxy groups -OCH3 is 1. The number of furan rings is 1. The van der Waals surface area contributed by atoms with E-state index in [0.717, 1.165) is 5.56 Å². The van der Waals surface area contributed by atoms with E-state index in [1.807, 2.05) is 0 Å². The van der Waals surface area contributed by atoms with Gasteiger partial charge >= 0.3 is 28.2 Å². The minimum atomic E-state index is -4.67. The lowest BCUT2D eigenvalue weighted by molar-refractivity contribution is -0.141. The van der Waals surface area contributed by atoms with Crippen LogP contribution in [0.3, 0.4) is 0 Å². The Kier molecular flexibility index (Phi) is 9.36. The number of carbonyl (C=O) groups is 3. The number of aliphatic carboxylic acids is 1. The Morgan fingerprint density at radius 1 is 1.05 bits per heavy atom. The van der Waals surface area contributed by atoms with Gasteiger partial charge < -0.3 is 19.0 Å². The molecule has 0 saturated carbocycles. The normalized spacial score (nSPS) is 12.6. The Morgan fingerprint density at radius 2 is 1.74 bits per heavy atom. The van der Waals surface area contributed by atoms with Crippen LogP contribution < -0.4 is 4.72 Å². The zero-order valence-electron chi connectivity index (χ0n) is 22.2. The lowest BCUT2D eigenvalue weighted by Crippen LogP contribution is -2.51. The van der Waals surface area contributed by atoms with E-state index in [2.05, 4.69) is 9.46 Å². The molecule has 1 unspecified atom stereocenters. The monoisotopic (exact) mass is 560 g/mol. The van der Waals surface area contributed by atoms with Crippen molar-refractivity contribution in [3.05, 3.63) is 71.5 Å². The lowest BCUT2D eigenvalue weighted by atomic mass is 10.1. The molecule has 0 saturated heterocycles. The van der Waals surface area contributed by atoms with Gasteiger partial charge in [-0.05, 0) is 56.5 Å². The minimum Gasteiger partial charge on any atom is -0.480 e. The maximum atomic E-state index is 13.3. The number of rotatable bonds is 11. The predicted octanol–water partition coefficient (Wildman–Crippen LogP) is 3.81. The molecular weight excluding hydrogens is 528 g/mol. The van der Waals surface area contributed by atoms with Crippen LogP contribution in [0.4, 0.5) is 4.79 Å². The molecule has 1 heterocycles. The number of nitrogens with zero attached hydrogens (tertiary/aromatic N) is 1. The largest absolute Gasteiger partial charge is 0.480 e. The summed E-state index contributed by atoms with van der Waals surface area (Å²) in [7, 11) is -3.35. The van der Waals surface area contributed by atoms with Crippen LogP contribution in [0.15, 0.2) is 59.0 Å². The van der Waals surface area contributed by atoms with E-state index >= 15 is 0 Å². The summed E-state index contributed by atoms with van der Waals surface area (Å²) < 4.78 is 44.9. The van der Waals surface area contributed by atoms with Crippen LogP contribution in [0.5, 0.6) is 0 Å². The zero-order chi connectivity index (χ0) is 28.8. The number of hydrogen-bond donors (Lipinski definition) is 2. The van der Waals surface area contributed by atoms with Gasteiger partial charge in [-0.1, -0.05) is 36.4 Å². The third-order valence-corrected chi connectivity index (χ3v) is 6.97. The number of esters is 1. The van der Waals surface area contributed by atoms with Gasteiger partial charge in [0.25, 0.3) is 0 Å². The molecule has 1 atom stereocenters. The van der Waals surface area contributed by atoms with E-state index in [9.17, 15) is 27.9 Å². The number of carbonyl (C=O) groups excluding carboxylic acids is 2. The lowest BCUT2D eigenvalue weighted by Gasteiger charge is -2.28. The second-order valence-corrected chi connectivity index (χ2v) is 11.5. The first-order valence-electron chi connectivity index (χ1n) is 12.2. The summed E-state index contributed by atoms with van der Waals surface area (Å²) in [6.45, 7) is 4.41. The van der Waals surface area contributed by atoms with Crippen LogP contribution in [0.2, 0.25) is 0 Å². The first kappa shape index (κ1) is 29.7. The van der Waals surface area contributed by atoms with Crippen LogP contribution in [-0.2, 0) is 48.7 Å². The van der Waals surface area contributed by atoms with Crippen LogP contribution in [0, 0.1) is 0 Å². The van der Waals surface area contributed by atoms with Crippen molar-refractivity contribution < 1.29 is 41.8 Å². The Bertz CT molecular complexity index is 1430. The van der Waals surface area contributed by atoms with Gasteiger partial charge in [-0.2, -0.15) is 17.4 Å². The summed E-state index contributed by atoms with van der Waals surface area (Å²) in [4.78, 5) is 36.4. The standard InChI is InChI=1S/C27H32N2O9S/c1-27(2,3)38-26(33)29(17-19-8-6-5-7-9-19)39(34,35)28-22(25(31)32)16-21-15-20-14-18(10-12-23(20)37-21)11-13-24(30)36-4/h5-10,12,14-15,22,28H,11,13,16-17H2,1-4H3,(H,31,32). The summed E-state index contributed by atoms with van der Waals surface area (Å²) in [6.07, 6.45) is -0.824. The van der Waals surface area contributed by atoms with Gasteiger partial charge in [-0.15, -0.1) is 0 Å². The summed E-state index contributed by atoms with van der Waals surface area (Å²) in [6, 6.07) is 13.6. The number of carboxylic acids is 1. The summed E-state index contributed by atoms with van der Waals surface area (Å²) in [5.41, 5.74) is 0.835. The molecule has 39 heavy (non-hydrogen) atoms. The molecule has 210 valence electrons. The molecule has 0 spiro atoms. The Morgan fingerprint density at radius 3 is 2.36 bits per heavy atom.